The molecule has 0 spiro atoms. The lowest BCUT2D eigenvalue weighted by atomic mass is 9.94. The summed E-state index contributed by atoms with van der Waals surface area (Å²) in [6, 6.07) is 18.6. The lowest BCUT2D eigenvalue weighted by molar-refractivity contribution is 0.104. The quantitative estimate of drug-likeness (QED) is 0.237. The zero-order valence-corrected chi connectivity index (χ0v) is 19.7. The largest absolute Gasteiger partial charge is 0.454 e. The van der Waals surface area contributed by atoms with Gasteiger partial charge in [0.05, 0.1) is 5.56 Å². The third kappa shape index (κ3) is 3.78. The van der Waals surface area contributed by atoms with Crippen molar-refractivity contribution in [3.8, 4) is 22.6 Å². The van der Waals surface area contributed by atoms with Crippen LogP contribution in [-0.4, -0.2) is 17.6 Å². The van der Waals surface area contributed by atoms with Crippen LogP contribution in [0.4, 0.5) is 0 Å². The number of benzene rings is 3. The molecule has 0 aliphatic carbocycles. The van der Waals surface area contributed by atoms with Crippen LogP contribution in [0.25, 0.3) is 28.1 Å². The number of nitrogens with one attached hydrogen (secondary N) is 1. The molecule has 32 heavy (non-hydrogen) atoms. The van der Waals surface area contributed by atoms with Crippen molar-refractivity contribution in [2.45, 2.75) is 0 Å². The number of H-pyrrole nitrogens is 1. The minimum absolute atomic E-state index is 0.0925. The van der Waals surface area contributed by atoms with E-state index in [1.54, 1.807) is 18.2 Å². The molecule has 7 heteroatoms. The maximum Gasteiger partial charge on any atom is 0.260 e. The number of hydrogen-bond donors (Lipinski definition) is 1. The number of carbonyl (C=O) groups is 1. The number of halogens is 2. The van der Waals surface area contributed by atoms with Gasteiger partial charge in [-0.1, -0.05) is 62.2 Å². The van der Waals surface area contributed by atoms with Gasteiger partial charge >= 0.3 is 0 Å². The van der Waals surface area contributed by atoms with Gasteiger partial charge in [-0.15, -0.1) is 0 Å². The molecule has 5 nitrogen and oxygen atoms in total. The maximum absolute atomic E-state index is 13.3. The fourth-order valence-electron chi connectivity index (χ4n) is 3.71. The summed E-state index contributed by atoms with van der Waals surface area (Å²) in [7, 11) is 0. The Kier molecular flexibility index (Phi) is 5.45. The molecule has 0 fully saturated rings. The van der Waals surface area contributed by atoms with Gasteiger partial charge < -0.3 is 14.5 Å². The Labute approximate surface area is 199 Å². The molecule has 1 N–H and O–H groups in total. The highest BCUT2D eigenvalue weighted by atomic mass is 79.9. The van der Waals surface area contributed by atoms with Crippen molar-refractivity contribution < 1.29 is 14.3 Å². The molecule has 1 aliphatic heterocycles. The third-order valence-electron chi connectivity index (χ3n) is 5.19. The normalized spacial score (nSPS) is 12.6. The first-order valence-corrected chi connectivity index (χ1v) is 11.3. The van der Waals surface area contributed by atoms with E-state index in [1.165, 1.54) is 6.08 Å². The van der Waals surface area contributed by atoms with Crippen LogP contribution in [0.1, 0.15) is 15.9 Å². The van der Waals surface area contributed by atoms with Crippen LogP contribution in [0.2, 0.25) is 0 Å². The van der Waals surface area contributed by atoms with Gasteiger partial charge in [-0.2, -0.15) is 0 Å². The Bertz CT molecular complexity index is 1460. The van der Waals surface area contributed by atoms with E-state index in [-0.39, 0.29) is 12.4 Å². The Balaban J connectivity index is 1.65. The first-order valence-electron chi connectivity index (χ1n) is 9.74. The highest BCUT2D eigenvalue weighted by molar-refractivity contribution is 9.10. The lowest BCUT2D eigenvalue weighted by Crippen LogP contribution is -2.18. The van der Waals surface area contributed by atoms with Gasteiger partial charge in [0.15, 0.2) is 17.3 Å². The Morgan fingerprint density at radius 2 is 1.72 bits per heavy atom. The van der Waals surface area contributed by atoms with E-state index in [2.05, 4.69) is 36.8 Å². The number of carbonyl (C=O) groups excluding carboxylic acids is 1. The molecule has 0 bridgehead atoms. The topological polar surface area (TPSA) is 68.4 Å². The van der Waals surface area contributed by atoms with E-state index >= 15 is 0 Å². The zero-order valence-electron chi connectivity index (χ0n) is 16.5. The summed E-state index contributed by atoms with van der Waals surface area (Å²) in [5.74, 6) is 0.860. The fourth-order valence-corrected chi connectivity index (χ4v) is 4.53. The van der Waals surface area contributed by atoms with Crippen LogP contribution >= 0.6 is 31.9 Å². The Morgan fingerprint density at radius 3 is 2.50 bits per heavy atom. The summed E-state index contributed by atoms with van der Waals surface area (Å²) in [6.45, 7) is 0.163. The second kappa shape index (κ2) is 8.41. The van der Waals surface area contributed by atoms with Crippen LogP contribution < -0.4 is 15.0 Å². The number of fused-ring (bicyclic) bond motifs is 2. The Hall–Kier alpha value is -3.16. The van der Waals surface area contributed by atoms with Crippen molar-refractivity contribution >= 4 is 54.6 Å². The van der Waals surface area contributed by atoms with E-state index < -0.39 is 11.3 Å². The van der Waals surface area contributed by atoms with E-state index in [0.29, 0.717) is 22.6 Å². The minimum atomic E-state index is -0.432. The predicted molar refractivity (Wildman–Crippen MR) is 131 cm³/mol. The molecule has 2 heterocycles. The highest BCUT2D eigenvalue weighted by Crippen LogP contribution is 2.37. The Morgan fingerprint density at radius 1 is 0.969 bits per heavy atom. The first kappa shape index (κ1) is 20.7. The standard InChI is InChI=1S/C25H15Br2NO4/c26-16-7-8-19-17(11-16)23(14-4-2-1-3-5-14)24(25(30)28-19)20(29)9-6-15-10-21-22(12-18(15)27)32-13-31-21/h1-12H,13H2,(H,28,30). The summed E-state index contributed by atoms with van der Waals surface area (Å²) >= 11 is 6.99. The van der Waals surface area contributed by atoms with E-state index in [9.17, 15) is 9.59 Å². The number of aromatic nitrogens is 1. The molecule has 5 rings (SSSR count). The summed E-state index contributed by atoms with van der Waals surface area (Å²) in [5, 5.41) is 0.784. The van der Waals surface area contributed by atoms with Crippen molar-refractivity contribution in [2.75, 3.05) is 6.79 Å². The van der Waals surface area contributed by atoms with Crippen molar-refractivity contribution in [2.24, 2.45) is 0 Å². The van der Waals surface area contributed by atoms with E-state index in [4.69, 9.17) is 9.47 Å². The predicted octanol–water partition coefficient (Wildman–Crippen LogP) is 6.34. The molecule has 4 aromatic rings. The molecule has 1 aliphatic rings. The summed E-state index contributed by atoms with van der Waals surface area (Å²) in [5.41, 5.74) is 2.46. The van der Waals surface area contributed by atoms with Crippen LogP contribution in [0, 0.1) is 0 Å². The monoisotopic (exact) mass is 551 g/mol. The highest BCUT2D eigenvalue weighted by Gasteiger charge is 2.20. The maximum atomic E-state index is 13.3. The van der Waals surface area contributed by atoms with Crippen LogP contribution in [0.5, 0.6) is 11.5 Å². The number of ether oxygens (including phenoxy) is 2. The van der Waals surface area contributed by atoms with Crippen molar-refractivity contribution in [3.05, 3.63) is 97.2 Å². The van der Waals surface area contributed by atoms with Crippen molar-refractivity contribution in [3.63, 3.8) is 0 Å². The average molecular weight is 553 g/mol. The second-order valence-electron chi connectivity index (χ2n) is 7.18. The van der Waals surface area contributed by atoms with Gasteiger partial charge in [0, 0.05) is 25.4 Å². The lowest BCUT2D eigenvalue weighted by Gasteiger charge is -2.12. The van der Waals surface area contributed by atoms with Crippen molar-refractivity contribution in [1.82, 2.24) is 4.98 Å². The summed E-state index contributed by atoms with van der Waals surface area (Å²) in [6.07, 6.45) is 3.07. The fraction of sp³-hybridized carbons (Fsp3) is 0.0400. The van der Waals surface area contributed by atoms with Gasteiger partial charge in [-0.3, -0.25) is 9.59 Å². The van der Waals surface area contributed by atoms with E-state index in [1.807, 2.05) is 48.5 Å². The average Bonchev–Trinajstić information content (AvgIpc) is 3.24. The van der Waals surface area contributed by atoms with Crippen molar-refractivity contribution in [1.29, 1.82) is 0 Å². The van der Waals surface area contributed by atoms with Crippen LogP contribution in [0.15, 0.2) is 80.5 Å². The van der Waals surface area contributed by atoms with Gasteiger partial charge in [0.2, 0.25) is 6.79 Å². The van der Waals surface area contributed by atoms with Crippen LogP contribution in [-0.2, 0) is 0 Å². The number of aromatic amines is 1. The molecule has 0 saturated carbocycles. The molecule has 0 unspecified atom stereocenters. The molecular weight excluding hydrogens is 538 g/mol. The molecule has 0 atom stereocenters. The zero-order chi connectivity index (χ0) is 22.2. The summed E-state index contributed by atoms with van der Waals surface area (Å²) < 4.78 is 12.4. The minimum Gasteiger partial charge on any atom is -0.454 e. The number of ketones is 1. The molecule has 1 aromatic heterocycles. The van der Waals surface area contributed by atoms with E-state index in [0.717, 1.165) is 25.5 Å². The van der Waals surface area contributed by atoms with Gasteiger partial charge in [-0.05, 0) is 53.6 Å². The molecule has 0 amide bonds. The third-order valence-corrected chi connectivity index (χ3v) is 6.37. The van der Waals surface area contributed by atoms with Gasteiger partial charge in [-0.25, -0.2) is 0 Å². The molecule has 3 aromatic carbocycles. The summed E-state index contributed by atoms with van der Waals surface area (Å²) in [4.78, 5) is 29.2. The van der Waals surface area contributed by atoms with Crippen LogP contribution in [0.3, 0.4) is 0 Å². The number of allylic oxidation sites excluding steroid dienone is 1. The SMILES string of the molecule is O=C(C=Cc1cc2c(cc1Br)OCO2)c1c(-c2ccccc2)c2cc(Br)ccc2[nH]c1=O. The smallest absolute Gasteiger partial charge is 0.260 e. The van der Waals surface area contributed by atoms with Gasteiger partial charge in [0.1, 0.15) is 0 Å². The molecule has 0 saturated heterocycles. The van der Waals surface area contributed by atoms with Gasteiger partial charge in [0.25, 0.3) is 5.56 Å². The molecule has 0 radical (unpaired) electrons. The number of rotatable bonds is 4. The first-order chi connectivity index (χ1) is 15.5. The molecule has 158 valence electrons. The number of pyridine rings is 1. The molecular formula is C25H15Br2NO4. The second-order valence-corrected chi connectivity index (χ2v) is 8.95. The number of hydrogen-bond acceptors (Lipinski definition) is 4.